The van der Waals surface area contributed by atoms with Crippen molar-refractivity contribution in [3.63, 3.8) is 0 Å². The zero-order valence-corrected chi connectivity index (χ0v) is 12.1. The van der Waals surface area contributed by atoms with Crippen LogP contribution in [0, 0.1) is 0 Å². The number of rotatable bonds is 6. The molecule has 1 aliphatic carbocycles. The van der Waals surface area contributed by atoms with Gasteiger partial charge in [0.2, 0.25) is 0 Å². The molecule has 4 heteroatoms. The highest BCUT2D eigenvalue weighted by Crippen LogP contribution is 2.29. The Labute approximate surface area is 119 Å². The van der Waals surface area contributed by atoms with Crippen molar-refractivity contribution in [2.24, 2.45) is 7.05 Å². The third-order valence-corrected chi connectivity index (χ3v) is 3.71. The fourth-order valence-corrected chi connectivity index (χ4v) is 2.47. The topological polar surface area (TPSA) is 34.2 Å². The van der Waals surface area contributed by atoms with Crippen molar-refractivity contribution in [1.82, 2.24) is 14.5 Å². The van der Waals surface area contributed by atoms with Crippen LogP contribution >= 0.6 is 0 Å². The minimum absolute atomic E-state index is 0.714. The van der Waals surface area contributed by atoms with Crippen molar-refractivity contribution < 1.29 is 4.42 Å². The van der Waals surface area contributed by atoms with Crippen LogP contribution in [0.2, 0.25) is 0 Å². The van der Waals surface area contributed by atoms with E-state index < -0.39 is 0 Å². The van der Waals surface area contributed by atoms with Gasteiger partial charge in [0.15, 0.2) is 0 Å². The molecule has 2 heterocycles. The van der Waals surface area contributed by atoms with Gasteiger partial charge in [-0.15, -0.1) is 0 Å². The molecule has 0 radical (unpaired) electrons. The summed E-state index contributed by atoms with van der Waals surface area (Å²) in [4.78, 5) is 6.94. The minimum atomic E-state index is 0.714. The SMILES string of the molecule is CC(=Cc1ccco1)CN(Cc1nccn1C)C1CC1. The molecule has 0 saturated heterocycles. The van der Waals surface area contributed by atoms with Gasteiger partial charge in [0.05, 0.1) is 12.8 Å². The Morgan fingerprint density at radius 2 is 2.40 bits per heavy atom. The van der Waals surface area contributed by atoms with Crippen molar-refractivity contribution in [2.75, 3.05) is 6.54 Å². The van der Waals surface area contributed by atoms with Gasteiger partial charge in [-0.2, -0.15) is 0 Å². The lowest BCUT2D eigenvalue weighted by Crippen LogP contribution is -2.28. The molecule has 1 aliphatic rings. The van der Waals surface area contributed by atoms with Crippen LogP contribution in [0.4, 0.5) is 0 Å². The average Bonchev–Trinajstić information content (AvgIpc) is 3.01. The van der Waals surface area contributed by atoms with Crippen LogP contribution in [0.5, 0.6) is 0 Å². The summed E-state index contributed by atoms with van der Waals surface area (Å²) in [5.41, 5.74) is 1.32. The number of nitrogens with zero attached hydrogens (tertiary/aromatic N) is 3. The van der Waals surface area contributed by atoms with E-state index in [-0.39, 0.29) is 0 Å². The molecule has 106 valence electrons. The summed E-state index contributed by atoms with van der Waals surface area (Å²) in [6.07, 6.45) is 10.3. The molecule has 0 spiro atoms. The standard InChI is InChI=1S/C16H21N3O/c1-13(10-15-4-3-9-20-15)11-19(14-5-6-14)12-16-17-7-8-18(16)2/h3-4,7-10,14H,5-6,11-12H2,1-2H3. The number of aryl methyl sites for hydroxylation is 1. The van der Waals surface area contributed by atoms with E-state index >= 15 is 0 Å². The van der Waals surface area contributed by atoms with E-state index in [4.69, 9.17) is 4.42 Å². The third-order valence-electron chi connectivity index (χ3n) is 3.71. The van der Waals surface area contributed by atoms with Gasteiger partial charge in [-0.1, -0.05) is 5.57 Å². The van der Waals surface area contributed by atoms with Crippen molar-refractivity contribution in [3.05, 3.63) is 47.9 Å². The molecule has 0 bridgehead atoms. The molecule has 0 atom stereocenters. The number of hydrogen-bond donors (Lipinski definition) is 0. The predicted octanol–water partition coefficient (Wildman–Crippen LogP) is 3.08. The Balaban J connectivity index is 1.67. The van der Waals surface area contributed by atoms with Crippen LogP contribution in [0.3, 0.4) is 0 Å². The van der Waals surface area contributed by atoms with E-state index in [1.54, 1.807) is 6.26 Å². The zero-order chi connectivity index (χ0) is 13.9. The number of hydrogen-bond acceptors (Lipinski definition) is 3. The summed E-state index contributed by atoms with van der Waals surface area (Å²) >= 11 is 0. The number of aromatic nitrogens is 2. The summed E-state index contributed by atoms with van der Waals surface area (Å²) in [5.74, 6) is 2.05. The van der Waals surface area contributed by atoms with Crippen molar-refractivity contribution in [1.29, 1.82) is 0 Å². The van der Waals surface area contributed by atoms with Gasteiger partial charge in [-0.05, 0) is 38.0 Å². The fraction of sp³-hybridized carbons (Fsp3) is 0.438. The lowest BCUT2D eigenvalue weighted by Gasteiger charge is -2.22. The molecule has 0 N–H and O–H groups in total. The van der Waals surface area contributed by atoms with Crippen molar-refractivity contribution in [2.45, 2.75) is 32.4 Å². The molecular formula is C16H21N3O. The summed E-state index contributed by atoms with van der Waals surface area (Å²) in [7, 11) is 2.05. The van der Waals surface area contributed by atoms with Gasteiger partial charge in [0.1, 0.15) is 11.6 Å². The Hall–Kier alpha value is -1.81. The summed E-state index contributed by atoms with van der Waals surface area (Å²) < 4.78 is 7.47. The maximum atomic E-state index is 5.38. The normalized spacial score (nSPS) is 16.1. The first kappa shape index (κ1) is 13.2. The molecule has 2 aromatic heterocycles. The molecule has 20 heavy (non-hydrogen) atoms. The average molecular weight is 271 g/mol. The Bertz CT molecular complexity index is 579. The van der Waals surface area contributed by atoms with Gasteiger partial charge >= 0.3 is 0 Å². The first-order chi connectivity index (χ1) is 9.72. The van der Waals surface area contributed by atoms with Gasteiger partial charge in [0.25, 0.3) is 0 Å². The zero-order valence-electron chi connectivity index (χ0n) is 12.1. The quantitative estimate of drug-likeness (QED) is 0.809. The Kier molecular flexibility index (Phi) is 3.74. The van der Waals surface area contributed by atoms with E-state index in [0.717, 1.165) is 24.7 Å². The molecular weight excluding hydrogens is 250 g/mol. The molecule has 3 rings (SSSR count). The van der Waals surface area contributed by atoms with Crippen LogP contribution in [-0.2, 0) is 13.6 Å². The molecule has 2 aromatic rings. The predicted molar refractivity (Wildman–Crippen MR) is 79.0 cm³/mol. The van der Waals surface area contributed by atoms with Crippen LogP contribution in [-0.4, -0.2) is 27.0 Å². The van der Waals surface area contributed by atoms with Crippen LogP contribution < -0.4 is 0 Å². The molecule has 1 saturated carbocycles. The highest BCUT2D eigenvalue weighted by Gasteiger charge is 2.29. The van der Waals surface area contributed by atoms with Gasteiger partial charge < -0.3 is 8.98 Å². The largest absolute Gasteiger partial charge is 0.465 e. The first-order valence-electron chi connectivity index (χ1n) is 7.13. The van der Waals surface area contributed by atoms with E-state index in [9.17, 15) is 0 Å². The molecule has 0 amide bonds. The molecule has 0 aromatic carbocycles. The van der Waals surface area contributed by atoms with Crippen molar-refractivity contribution >= 4 is 6.08 Å². The molecule has 1 fully saturated rings. The van der Waals surface area contributed by atoms with E-state index in [1.807, 2.05) is 24.5 Å². The number of imidazole rings is 1. The molecule has 4 nitrogen and oxygen atoms in total. The summed E-state index contributed by atoms with van der Waals surface area (Å²) in [6, 6.07) is 4.63. The highest BCUT2D eigenvalue weighted by molar-refractivity contribution is 5.46. The van der Waals surface area contributed by atoms with E-state index in [2.05, 4.69) is 34.5 Å². The van der Waals surface area contributed by atoms with Gasteiger partial charge in [-0.25, -0.2) is 4.98 Å². The molecule has 0 unspecified atom stereocenters. The van der Waals surface area contributed by atoms with E-state index in [1.165, 1.54) is 18.4 Å². The highest BCUT2D eigenvalue weighted by atomic mass is 16.3. The summed E-state index contributed by atoms with van der Waals surface area (Å²) in [6.45, 7) is 4.05. The van der Waals surface area contributed by atoms with Gasteiger partial charge in [-0.3, -0.25) is 4.90 Å². The second-order valence-electron chi connectivity index (χ2n) is 5.60. The first-order valence-corrected chi connectivity index (χ1v) is 7.13. The fourth-order valence-electron chi connectivity index (χ4n) is 2.47. The smallest absolute Gasteiger partial charge is 0.126 e. The lowest BCUT2D eigenvalue weighted by molar-refractivity contribution is 0.268. The van der Waals surface area contributed by atoms with Crippen LogP contribution in [0.25, 0.3) is 6.08 Å². The van der Waals surface area contributed by atoms with Crippen LogP contribution in [0.15, 0.2) is 40.8 Å². The Morgan fingerprint density at radius 1 is 1.55 bits per heavy atom. The number of furan rings is 1. The third kappa shape index (κ3) is 3.20. The lowest BCUT2D eigenvalue weighted by atomic mass is 10.2. The molecule has 0 aliphatic heterocycles. The second-order valence-corrected chi connectivity index (χ2v) is 5.60. The van der Waals surface area contributed by atoms with Crippen molar-refractivity contribution in [3.8, 4) is 0 Å². The Morgan fingerprint density at radius 3 is 3.00 bits per heavy atom. The van der Waals surface area contributed by atoms with Crippen LogP contribution in [0.1, 0.15) is 31.4 Å². The monoisotopic (exact) mass is 271 g/mol. The van der Waals surface area contributed by atoms with Gasteiger partial charge in [0, 0.05) is 32.0 Å². The maximum absolute atomic E-state index is 5.38. The maximum Gasteiger partial charge on any atom is 0.126 e. The second kappa shape index (κ2) is 5.67. The minimum Gasteiger partial charge on any atom is -0.465 e. The van der Waals surface area contributed by atoms with E-state index in [0.29, 0.717) is 6.04 Å². The summed E-state index contributed by atoms with van der Waals surface area (Å²) in [5, 5.41) is 0.